The van der Waals surface area contributed by atoms with Crippen LogP contribution in [0.15, 0.2) is 30.3 Å². The van der Waals surface area contributed by atoms with Crippen molar-refractivity contribution in [1.29, 1.82) is 0 Å². The highest BCUT2D eigenvalue weighted by atomic mass is 16.5. The fourth-order valence-electron chi connectivity index (χ4n) is 3.72. The van der Waals surface area contributed by atoms with E-state index < -0.39 is 0 Å². The van der Waals surface area contributed by atoms with E-state index in [4.69, 9.17) is 18.9 Å². The Morgan fingerprint density at radius 1 is 0.800 bits per heavy atom. The van der Waals surface area contributed by atoms with Gasteiger partial charge in [0.05, 0.1) is 34.0 Å². The van der Waals surface area contributed by atoms with Gasteiger partial charge in [0.2, 0.25) is 0 Å². The van der Waals surface area contributed by atoms with Crippen molar-refractivity contribution < 1.29 is 18.9 Å². The van der Waals surface area contributed by atoms with Gasteiger partial charge in [-0.25, -0.2) is 0 Å². The van der Waals surface area contributed by atoms with Crippen molar-refractivity contribution in [2.45, 2.75) is 13.0 Å². The second-order valence-corrected chi connectivity index (χ2v) is 6.03. The van der Waals surface area contributed by atoms with Crippen molar-refractivity contribution in [3.8, 4) is 34.3 Å². The van der Waals surface area contributed by atoms with Crippen LogP contribution in [0, 0.1) is 0 Å². The summed E-state index contributed by atoms with van der Waals surface area (Å²) in [5, 5.41) is 1.13. The molecule has 0 unspecified atom stereocenters. The Morgan fingerprint density at radius 3 is 2.20 bits per heavy atom. The zero-order valence-electron chi connectivity index (χ0n) is 14.9. The molecule has 5 nitrogen and oxygen atoms in total. The second kappa shape index (κ2) is 5.92. The van der Waals surface area contributed by atoms with Gasteiger partial charge in [-0.2, -0.15) is 0 Å². The van der Waals surface area contributed by atoms with Gasteiger partial charge in [-0.3, -0.25) is 0 Å². The Balaban J connectivity index is 2.00. The van der Waals surface area contributed by atoms with Gasteiger partial charge in [0.25, 0.3) is 0 Å². The summed E-state index contributed by atoms with van der Waals surface area (Å²) in [5.74, 6) is 3.03. The highest BCUT2D eigenvalue weighted by molar-refractivity contribution is 5.94. The molecule has 0 saturated carbocycles. The molecular formula is C20H21NO4. The van der Waals surface area contributed by atoms with Crippen LogP contribution in [0.3, 0.4) is 0 Å². The molecule has 2 heterocycles. The maximum Gasteiger partial charge on any atom is 0.185 e. The summed E-state index contributed by atoms with van der Waals surface area (Å²) in [6, 6.07) is 10.3. The average Bonchev–Trinajstić information content (AvgIpc) is 3.04. The van der Waals surface area contributed by atoms with Gasteiger partial charge in [0.15, 0.2) is 23.0 Å². The number of ether oxygens (including phenoxy) is 4. The normalized spacial score (nSPS) is 12.5. The van der Waals surface area contributed by atoms with Crippen LogP contribution in [0.2, 0.25) is 0 Å². The predicted octanol–water partition coefficient (Wildman–Crippen LogP) is 3.90. The molecule has 2 aromatic carbocycles. The first-order chi connectivity index (χ1) is 12.2. The van der Waals surface area contributed by atoms with Gasteiger partial charge < -0.3 is 23.5 Å². The van der Waals surface area contributed by atoms with Gasteiger partial charge in [0.1, 0.15) is 0 Å². The fraction of sp³-hybridized carbons (Fsp3) is 0.300. The number of aryl methyl sites for hydroxylation is 2. The lowest BCUT2D eigenvalue weighted by Crippen LogP contribution is -2.11. The molecule has 25 heavy (non-hydrogen) atoms. The van der Waals surface area contributed by atoms with Gasteiger partial charge in [-0.1, -0.05) is 0 Å². The minimum Gasteiger partial charge on any atom is -0.493 e. The van der Waals surface area contributed by atoms with Crippen molar-refractivity contribution in [3.05, 3.63) is 35.9 Å². The fourth-order valence-corrected chi connectivity index (χ4v) is 3.72. The van der Waals surface area contributed by atoms with Crippen molar-refractivity contribution in [2.24, 2.45) is 0 Å². The van der Waals surface area contributed by atoms with Crippen molar-refractivity contribution in [3.63, 3.8) is 0 Å². The molecule has 0 aliphatic carbocycles. The molecule has 1 aliphatic rings. The summed E-state index contributed by atoms with van der Waals surface area (Å²) in [6.45, 7) is 0.880. The monoisotopic (exact) mass is 339 g/mol. The molecular weight excluding hydrogens is 318 g/mol. The lowest BCUT2D eigenvalue weighted by Gasteiger charge is -2.22. The summed E-state index contributed by atoms with van der Waals surface area (Å²) in [7, 11) is 6.68. The summed E-state index contributed by atoms with van der Waals surface area (Å²) in [4.78, 5) is 0. The molecule has 0 fully saturated rings. The molecule has 0 bridgehead atoms. The van der Waals surface area contributed by atoms with Crippen LogP contribution in [-0.4, -0.2) is 33.0 Å². The lowest BCUT2D eigenvalue weighted by molar-refractivity contribution is 0.354. The zero-order chi connectivity index (χ0) is 17.6. The van der Waals surface area contributed by atoms with Crippen LogP contribution >= 0.6 is 0 Å². The molecule has 0 N–H and O–H groups in total. The van der Waals surface area contributed by atoms with Crippen LogP contribution < -0.4 is 18.9 Å². The SMILES string of the molecule is COc1cc2c(cc1OC)-c1cc3ccc(OC)c(OC)c3n1CC2. The molecule has 1 aliphatic heterocycles. The molecule has 130 valence electrons. The number of rotatable bonds is 4. The van der Waals surface area contributed by atoms with E-state index >= 15 is 0 Å². The number of hydrogen-bond acceptors (Lipinski definition) is 4. The van der Waals surface area contributed by atoms with Crippen molar-refractivity contribution in [2.75, 3.05) is 28.4 Å². The van der Waals surface area contributed by atoms with Crippen molar-refractivity contribution in [1.82, 2.24) is 4.57 Å². The molecule has 4 rings (SSSR count). The Labute approximate surface area is 146 Å². The first-order valence-electron chi connectivity index (χ1n) is 8.21. The van der Waals surface area contributed by atoms with E-state index in [0.717, 1.165) is 52.6 Å². The first kappa shape index (κ1) is 15.7. The van der Waals surface area contributed by atoms with Crippen LogP contribution in [0.1, 0.15) is 5.56 Å². The summed E-state index contributed by atoms with van der Waals surface area (Å²) in [5.41, 5.74) is 4.65. The molecule has 0 spiro atoms. The summed E-state index contributed by atoms with van der Waals surface area (Å²) >= 11 is 0. The van der Waals surface area contributed by atoms with Gasteiger partial charge in [-0.15, -0.1) is 0 Å². The van der Waals surface area contributed by atoms with Gasteiger partial charge >= 0.3 is 0 Å². The van der Waals surface area contributed by atoms with E-state index in [2.05, 4.69) is 28.8 Å². The number of nitrogens with zero attached hydrogens (tertiary/aromatic N) is 1. The van der Waals surface area contributed by atoms with Crippen LogP contribution in [0.25, 0.3) is 22.2 Å². The lowest BCUT2D eigenvalue weighted by atomic mass is 9.97. The van der Waals surface area contributed by atoms with E-state index in [1.807, 2.05) is 6.07 Å². The third-order valence-corrected chi connectivity index (χ3v) is 4.89. The van der Waals surface area contributed by atoms with Crippen LogP contribution in [0.5, 0.6) is 23.0 Å². The van der Waals surface area contributed by atoms with E-state index in [0.29, 0.717) is 0 Å². The van der Waals surface area contributed by atoms with Crippen LogP contribution in [0.4, 0.5) is 0 Å². The molecule has 5 heteroatoms. The average molecular weight is 339 g/mol. The van der Waals surface area contributed by atoms with E-state index in [1.54, 1.807) is 28.4 Å². The number of benzene rings is 2. The second-order valence-electron chi connectivity index (χ2n) is 6.03. The predicted molar refractivity (Wildman–Crippen MR) is 97.3 cm³/mol. The Kier molecular flexibility index (Phi) is 3.71. The maximum atomic E-state index is 5.65. The highest BCUT2D eigenvalue weighted by Crippen LogP contribution is 2.44. The topological polar surface area (TPSA) is 41.9 Å². The molecule has 0 radical (unpaired) electrons. The largest absolute Gasteiger partial charge is 0.493 e. The third-order valence-electron chi connectivity index (χ3n) is 4.89. The zero-order valence-corrected chi connectivity index (χ0v) is 14.9. The molecule has 0 amide bonds. The summed E-state index contributed by atoms with van der Waals surface area (Å²) < 4.78 is 24.4. The van der Waals surface area contributed by atoms with Crippen molar-refractivity contribution >= 4 is 10.9 Å². The number of hydrogen-bond donors (Lipinski definition) is 0. The Morgan fingerprint density at radius 2 is 1.52 bits per heavy atom. The van der Waals surface area contributed by atoms with Gasteiger partial charge in [-0.05, 0) is 42.3 Å². The van der Waals surface area contributed by atoms with E-state index in [1.165, 1.54) is 11.1 Å². The minimum atomic E-state index is 0.740. The molecule has 3 aromatic rings. The number of fused-ring (bicyclic) bond motifs is 5. The standard InChI is InChI=1S/C20H21NO4/c1-22-16-6-5-13-9-15-14-11-18(24-3)17(23-2)10-12(14)7-8-21(15)19(13)20(16)25-4/h5-6,9-11H,7-8H2,1-4H3. The molecule has 1 aromatic heterocycles. The molecule has 0 saturated heterocycles. The Hall–Kier alpha value is -2.82. The molecule has 0 atom stereocenters. The number of aromatic nitrogens is 1. The first-order valence-corrected chi connectivity index (χ1v) is 8.21. The summed E-state index contributed by atoms with van der Waals surface area (Å²) in [6.07, 6.45) is 0.923. The third kappa shape index (κ3) is 2.22. The highest BCUT2D eigenvalue weighted by Gasteiger charge is 2.24. The van der Waals surface area contributed by atoms with Crippen LogP contribution in [-0.2, 0) is 13.0 Å². The van der Waals surface area contributed by atoms with E-state index in [9.17, 15) is 0 Å². The maximum absolute atomic E-state index is 5.65. The van der Waals surface area contributed by atoms with Gasteiger partial charge in [0, 0.05) is 23.2 Å². The smallest absolute Gasteiger partial charge is 0.185 e. The number of methoxy groups -OCH3 is 4. The Bertz CT molecular complexity index is 958. The minimum absolute atomic E-state index is 0.740. The van der Waals surface area contributed by atoms with E-state index in [-0.39, 0.29) is 0 Å². The quantitative estimate of drug-likeness (QED) is 0.723.